The predicted octanol–water partition coefficient (Wildman–Crippen LogP) is 6.41. The molecule has 0 atom stereocenters. The van der Waals surface area contributed by atoms with Crippen LogP contribution < -0.4 is 10.6 Å². The Kier molecular flexibility index (Phi) is 3.95. The van der Waals surface area contributed by atoms with Gasteiger partial charge in [0, 0.05) is 23.5 Å². The van der Waals surface area contributed by atoms with Gasteiger partial charge in [0.05, 0.1) is 0 Å². The zero-order chi connectivity index (χ0) is 19.1. The van der Waals surface area contributed by atoms with Crippen molar-refractivity contribution in [3.8, 4) is 0 Å². The number of carbonyl (C=O) groups is 1. The Morgan fingerprint density at radius 1 is 0.760 bits per heavy atom. The summed E-state index contributed by atoms with van der Waals surface area (Å²) in [5.74, 6) is -4.90. The molecule has 0 fully saturated rings. The smallest absolute Gasteiger partial charge is 0.308 e. The van der Waals surface area contributed by atoms with Crippen molar-refractivity contribution >= 4 is 27.6 Å². The molecule has 2 rings (SSSR count). The van der Waals surface area contributed by atoms with Crippen LogP contribution >= 0.6 is 10.2 Å². The molecule has 2 amide bonds. The number of nitrogens with one attached hydrogen (secondary N) is 2. The summed E-state index contributed by atoms with van der Waals surface area (Å²) >= 11 is 0. The maximum atomic E-state index is 13.0. The van der Waals surface area contributed by atoms with Crippen LogP contribution in [0.1, 0.15) is 0 Å². The van der Waals surface area contributed by atoms with E-state index in [0.717, 1.165) is 0 Å². The highest BCUT2D eigenvalue weighted by Crippen LogP contribution is 3.02. The Labute approximate surface area is 135 Å². The topological polar surface area (TPSA) is 41.1 Å². The molecule has 25 heavy (non-hydrogen) atoms. The van der Waals surface area contributed by atoms with Gasteiger partial charge < -0.3 is 10.6 Å². The minimum atomic E-state index is -9.83. The van der Waals surface area contributed by atoms with Gasteiger partial charge in [0.1, 0.15) is 4.90 Å². The van der Waals surface area contributed by atoms with Crippen molar-refractivity contribution in [3.63, 3.8) is 0 Å². The van der Waals surface area contributed by atoms with Crippen LogP contribution in [0.15, 0.2) is 41.3 Å². The van der Waals surface area contributed by atoms with Gasteiger partial charge in [-0.25, -0.2) is 18.0 Å². The van der Waals surface area contributed by atoms with E-state index in [1.165, 1.54) is 0 Å². The maximum absolute atomic E-state index is 13.0. The normalized spacial score (nSPS) is 14.4. The van der Waals surface area contributed by atoms with Gasteiger partial charge in [0.15, 0.2) is 17.5 Å². The molecule has 138 valence electrons. The first kappa shape index (κ1) is 18.8. The number of rotatable bonds is 3. The van der Waals surface area contributed by atoms with Crippen LogP contribution in [-0.2, 0) is 0 Å². The lowest BCUT2D eigenvalue weighted by atomic mass is 10.3. The molecule has 0 spiro atoms. The van der Waals surface area contributed by atoms with Crippen molar-refractivity contribution in [2.45, 2.75) is 4.90 Å². The van der Waals surface area contributed by atoms with Gasteiger partial charge in [-0.3, -0.25) is 0 Å². The molecule has 0 aromatic heterocycles. The zero-order valence-electron chi connectivity index (χ0n) is 11.8. The van der Waals surface area contributed by atoms with Crippen LogP contribution in [-0.4, -0.2) is 6.03 Å². The molecule has 0 unspecified atom stereocenters. The quantitative estimate of drug-likeness (QED) is 0.460. The molecule has 0 heterocycles. The fourth-order valence-electron chi connectivity index (χ4n) is 1.72. The number of hydrogen-bond donors (Lipinski definition) is 2. The predicted molar refractivity (Wildman–Crippen MR) is 76.8 cm³/mol. The van der Waals surface area contributed by atoms with E-state index in [1.54, 1.807) is 0 Å². The summed E-state index contributed by atoms with van der Waals surface area (Å²) in [5.41, 5.74) is -0.774. The average molecular weight is 392 g/mol. The second-order valence-corrected chi connectivity index (χ2v) is 7.24. The standard InChI is InChI=1S/C13H8F8N2OS/c14-10-5-8(6-11(15)12(10)16)23-13(24)22-7-1-3-9(4-2-7)25(17,18,19,20)21/h1-6H,(H2,22,23,24). The lowest BCUT2D eigenvalue weighted by Crippen LogP contribution is -2.19. The molecule has 0 saturated heterocycles. The van der Waals surface area contributed by atoms with E-state index in [1.807, 2.05) is 10.6 Å². The van der Waals surface area contributed by atoms with Gasteiger partial charge in [-0.15, -0.1) is 0 Å². The number of halogens is 8. The molecule has 0 aliphatic rings. The Hall–Kier alpha value is -2.50. The van der Waals surface area contributed by atoms with Crippen LogP contribution in [0.2, 0.25) is 0 Å². The Balaban J connectivity index is 2.12. The lowest BCUT2D eigenvalue weighted by molar-refractivity contribution is 0.262. The van der Waals surface area contributed by atoms with Crippen molar-refractivity contribution in [1.29, 1.82) is 0 Å². The van der Waals surface area contributed by atoms with E-state index in [-0.39, 0.29) is 17.8 Å². The number of amides is 2. The molecule has 0 aliphatic carbocycles. The van der Waals surface area contributed by atoms with Crippen molar-refractivity contribution in [2.24, 2.45) is 0 Å². The Morgan fingerprint density at radius 3 is 1.64 bits per heavy atom. The number of urea groups is 1. The van der Waals surface area contributed by atoms with Gasteiger partial charge >= 0.3 is 16.3 Å². The number of anilines is 2. The Morgan fingerprint density at radius 2 is 1.20 bits per heavy atom. The van der Waals surface area contributed by atoms with E-state index >= 15 is 0 Å². The molecule has 0 aliphatic heterocycles. The van der Waals surface area contributed by atoms with Crippen LogP contribution in [0.4, 0.5) is 48.8 Å². The highest BCUT2D eigenvalue weighted by atomic mass is 32.5. The van der Waals surface area contributed by atoms with Gasteiger partial charge in [-0.2, -0.15) is 0 Å². The maximum Gasteiger partial charge on any atom is 0.323 e. The number of hydrogen-bond acceptors (Lipinski definition) is 1. The molecule has 2 aromatic rings. The van der Waals surface area contributed by atoms with Gasteiger partial charge in [0.25, 0.3) is 0 Å². The first-order valence-electron chi connectivity index (χ1n) is 6.22. The molecule has 0 radical (unpaired) electrons. The summed E-state index contributed by atoms with van der Waals surface area (Å²) in [7, 11) is -9.83. The summed E-state index contributed by atoms with van der Waals surface area (Å²) in [6, 6.07) is 1.08. The van der Waals surface area contributed by atoms with E-state index in [0.29, 0.717) is 24.3 Å². The number of carbonyl (C=O) groups excluding carboxylic acids is 1. The second kappa shape index (κ2) is 5.25. The highest BCUT2D eigenvalue weighted by Gasteiger charge is 2.65. The molecule has 12 heteroatoms. The lowest BCUT2D eigenvalue weighted by Gasteiger charge is -2.40. The summed E-state index contributed by atoms with van der Waals surface area (Å²) in [6.07, 6.45) is 0. The minimum Gasteiger partial charge on any atom is -0.308 e. The van der Waals surface area contributed by atoms with Crippen molar-refractivity contribution in [1.82, 2.24) is 0 Å². The van der Waals surface area contributed by atoms with Crippen LogP contribution in [0.25, 0.3) is 0 Å². The van der Waals surface area contributed by atoms with Crippen LogP contribution in [0.3, 0.4) is 0 Å². The fourth-order valence-corrected chi connectivity index (χ4v) is 2.37. The molecular formula is C13H8F8N2OS. The largest absolute Gasteiger partial charge is 0.323 e. The third kappa shape index (κ3) is 4.75. The molecule has 2 N–H and O–H groups in total. The van der Waals surface area contributed by atoms with Crippen molar-refractivity contribution < 1.29 is 37.4 Å². The van der Waals surface area contributed by atoms with Gasteiger partial charge in [0.2, 0.25) is 0 Å². The summed E-state index contributed by atoms with van der Waals surface area (Å²) < 4.78 is 101. The van der Waals surface area contributed by atoms with Crippen LogP contribution in [0.5, 0.6) is 0 Å². The zero-order valence-corrected chi connectivity index (χ0v) is 12.6. The third-order valence-corrected chi connectivity index (χ3v) is 3.96. The first-order chi connectivity index (χ1) is 11.2. The fraction of sp³-hybridized carbons (Fsp3) is 0. The molecule has 0 bridgehead atoms. The summed E-state index contributed by atoms with van der Waals surface area (Å²) in [6.45, 7) is 0. The van der Waals surface area contributed by atoms with Crippen molar-refractivity contribution in [3.05, 3.63) is 53.8 Å². The van der Waals surface area contributed by atoms with E-state index < -0.39 is 44.3 Å². The molecule has 3 nitrogen and oxygen atoms in total. The molecule has 2 aromatic carbocycles. The highest BCUT2D eigenvalue weighted by molar-refractivity contribution is 8.45. The van der Waals surface area contributed by atoms with E-state index in [2.05, 4.69) is 0 Å². The second-order valence-electron chi connectivity index (χ2n) is 4.83. The monoisotopic (exact) mass is 392 g/mol. The third-order valence-electron chi connectivity index (χ3n) is 2.80. The van der Waals surface area contributed by atoms with Crippen molar-refractivity contribution in [2.75, 3.05) is 10.6 Å². The minimum absolute atomic E-state index is 0.0778. The molecule has 0 saturated carbocycles. The van der Waals surface area contributed by atoms with Crippen LogP contribution in [0, 0.1) is 17.5 Å². The first-order valence-corrected chi connectivity index (χ1v) is 8.17. The van der Waals surface area contributed by atoms with E-state index in [4.69, 9.17) is 0 Å². The van der Waals surface area contributed by atoms with Gasteiger partial charge in [-0.1, -0.05) is 19.4 Å². The molecular weight excluding hydrogens is 384 g/mol. The number of benzene rings is 2. The van der Waals surface area contributed by atoms with E-state index in [9.17, 15) is 37.4 Å². The van der Waals surface area contributed by atoms with Gasteiger partial charge in [-0.05, 0) is 24.3 Å². The SMILES string of the molecule is O=C(Nc1ccc(S(F)(F)(F)(F)F)cc1)Nc1cc(F)c(F)c(F)c1. The average Bonchev–Trinajstić information content (AvgIpc) is 2.42. The summed E-state index contributed by atoms with van der Waals surface area (Å²) in [4.78, 5) is 9.43. The Bertz CT molecular complexity index is 813. The summed E-state index contributed by atoms with van der Waals surface area (Å²) in [5, 5.41) is 3.86.